The van der Waals surface area contributed by atoms with Gasteiger partial charge in [0.1, 0.15) is 0 Å². The van der Waals surface area contributed by atoms with E-state index in [4.69, 9.17) is 4.98 Å². The van der Waals surface area contributed by atoms with Gasteiger partial charge in [0, 0.05) is 34.7 Å². The van der Waals surface area contributed by atoms with E-state index in [0.717, 1.165) is 11.2 Å². The molecule has 1 aliphatic rings. The van der Waals surface area contributed by atoms with Gasteiger partial charge in [-0.3, -0.25) is 4.98 Å². The average molecular weight is 294 g/mol. The SMILES string of the molecule is Cc1cc(N2CCCC2)c2ccc(-c3cccs3)cc2n1. The molecule has 21 heavy (non-hydrogen) atoms. The van der Waals surface area contributed by atoms with Crippen LogP contribution in [0.2, 0.25) is 0 Å². The predicted octanol–water partition coefficient (Wildman–Crippen LogP) is 4.87. The van der Waals surface area contributed by atoms with E-state index in [1.807, 2.05) is 0 Å². The van der Waals surface area contributed by atoms with E-state index in [9.17, 15) is 0 Å². The second kappa shape index (κ2) is 5.15. The minimum absolute atomic E-state index is 1.10. The fraction of sp³-hybridized carbons (Fsp3) is 0.278. The Morgan fingerprint density at radius 3 is 2.71 bits per heavy atom. The maximum Gasteiger partial charge on any atom is 0.0732 e. The van der Waals surface area contributed by atoms with Crippen LogP contribution in [0.15, 0.2) is 41.8 Å². The van der Waals surface area contributed by atoms with Gasteiger partial charge in [0.2, 0.25) is 0 Å². The van der Waals surface area contributed by atoms with Crippen molar-refractivity contribution in [3.05, 3.63) is 47.5 Å². The Morgan fingerprint density at radius 2 is 1.95 bits per heavy atom. The zero-order valence-corrected chi connectivity index (χ0v) is 13.0. The van der Waals surface area contributed by atoms with Crippen LogP contribution in [0.25, 0.3) is 21.3 Å². The first-order valence-corrected chi connectivity index (χ1v) is 8.39. The number of anilines is 1. The Labute approximate surface area is 129 Å². The number of rotatable bonds is 2. The summed E-state index contributed by atoms with van der Waals surface area (Å²) in [6, 6.07) is 13.2. The second-order valence-corrected chi connectivity index (χ2v) is 6.63. The van der Waals surface area contributed by atoms with Crippen LogP contribution in [0.4, 0.5) is 5.69 Å². The largest absolute Gasteiger partial charge is 0.371 e. The average Bonchev–Trinajstić information content (AvgIpc) is 3.19. The molecule has 0 radical (unpaired) electrons. The summed E-state index contributed by atoms with van der Waals surface area (Å²) in [7, 11) is 0. The van der Waals surface area contributed by atoms with E-state index in [1.54, 1.807) is 11.3 Å². The van der Waals surface area contributed by atoms with E-state index in [-0.39, 0.29) is 0 Å². The molecule has 0 spiro atoms. The first-order chi connectivity index (χ1) is 10.3. The van der Waals surface area contributed by atoms with Crippen LogP contribution in [0, 0.1) is 6.92 Å². The molecule has 106 valence electrons. The van der Waals surface area contributed by atoms with Crippen LogP contribution in [0.1, 0.15) is 18.5 Å². The number of thiophene rings is 1. The first-order valence-electron chi connectivity index (χ1n) is 7.51. The quantitative estimate of drug-likeness (QED) is 0.670. The van der Waals surface area contributed by atoms with E-state index < -0.39 is 0 Å². The molecule has 3 heterocycles. The van der Waals surface area contributed by atoms with Gasteiger partial charge < -0.3 is 4.90 Å². The summed E-state index contributed by atoms with van der Waals surface area (Å²) < 4.78 is 0. The molecule has 0 atom stereocenters. The molecular formula is C18H18N2S. The minimum Gasteiger partial charge on any atom is -0.371 e. The third-order valence-corrected chi connectivity index (χ3v) is 5.09. The molecule has 2 aromatic heterocycles. The van der Waals surface area contributed by atoms with Crippen molar-refractivity contribution in [1.82, 2.24) is 4.98 Å². The summed E-state index contributed by atoms with van der Waals surface area (Å²) in [5.74, 6) is 0. The summed E-state index contributed by atoms with van der Waals surface area (Å²) >= 11 is 1.78. The molecule has 1 aliphatic heterocycles. The Kier molecular flexibility index (Phi) is 3.15. The standard InChI is InChI=1S/C18H18N2S/c1-13-11-17(20-8-2-3-9-20)15-7-6-14(12-16(15)19-13)18-5-4-10-21-18/h4-7,10-12H,2-3,8-9H2,1H3. The number of nitrogens with zero attached hydrogens (tertiary/aromatic N) is 2. The third kappa shape index (κ3) is 2.32. The van der Waals surface area contributed by atoms with Crippen molar-refractivity contribution in [2.24, 2.45) is 0 Å². The predicted molar refractivity (Wildman–Crippen MR) is 91.2 cm³/mol. The van der Waals surface area contributed by atoms with Crippen molar-refractivity contribution in [3.8, 4) is 10.4 Å². The number of aromatic nitrogens is 1. The smallest absolute Gasteiger partial charge is 0.0732 e. The first kappa shape index (κ1) is 12.8. The van der Waals surface area contributed by atoms with E-state index in [2.05, 4.69) is 53.6 Å². The molecule has 0 aliphatic carbocycles. The number of benzene rings is 1. The van der Waals surface area contributed by atoms with Crippen LogP contribution < -0.4 is 4.90 Å². The van der Waals surface area contributed by atoms with Crippen LogP contribution in [-0.4, -0.2) is 18.1 Å². The van der Waals surface area contributed by atoms with Gasteiger partial charge in [-0.25, -0.2) is 0 Å². The van der Waals surface area contributed by atoms with Crippen molar-refractivity contribution < 1.29 is 0 Å². The van der Waals surface area contributed by atoms with Crippen LogP contribution in [-0.2, 0) is 0 Å². The maximum absolute atomic E-state index is 4.76. The summed E-state index contributed by atoms with van der Waals surface area (Å²) in [6.07, 6.45) is 2.60. The highest BCUT2D eigenvalue weighted by Crippen LogP contribution is 2.33. The molecule has 0 amide bonds. The summed E-state index contributed by atoms with van der Waals surface area (Å²) in [6.45, 7) is 4.44. The lowest BCUT2D eigenvalue weighted by atomic mass is 10.1. The second-order valence-electron chi connectivity index (χ2n) is 5.69. The Hall–Kier alpha value is -1.87. The number of aryl methyl sites for hydroxylation is 1. The van der Waals surface area contributed by atoms with Crippen molar-refractivity contribution in [3.63, 3.8) is 0 Å². The lowest BCUT2D eigenvalue weighted by molar-refractivity contribution is 0.949. The normalized spacial score (nSPS) is 15.0. The molecule has 3 aromatic rings. The number of pyridine rings is 1. The Morgan fingerprint density at radius 1 is 1.10 bits per heavy atom. The molecular weight excluding hydrogens is 276 g/mol. The van der Waals surface area contributed by atoms with Crippen molar-refractivity contribution >= 4 is 27.9 Å². The molecule has 0 N–H and O–H groups in total. The van der Waals surface area contributed by atoms with Crippen LogP contribution in [0.3, 0.4) is 0 Å². The van der Waals surface area contributed by atoms with Crippen molar-refractivity contribution in [2.45, 2.75) is 19.8 Å². The molecule has 0 unspecified atom stereocenters. The highest BCUT2D eigenvalue weighted by molar-refractivity contribution is 7.13. The Balaban J connectivity index is 1.88. The van der Waals surface area contributed by atoms with Gasteiger partial charge in [-0.1, -0.05) is 18.2 Å². The van der Waals surface area contributed by atoms with Gasteiger partial charge in [0.05, 0.1) is 5.52 Å². The zero-order chi connectivity index (χ0) is 14.2. The molecule has 2 nitrogen and oxygen atoms in total. The monoisotopic (exact) mass is 294 g/mol. The Bertz CT molecular complexity index is 771. The molecule has 1 aromatic carbocycles. The highest BCUT2D eigenvalue weighted by atomic mass is 32.1. The summed E-state index contributed by atoms with van der Waals surface area (Å²) in [5, 5.41) is 3.40. The topological polar surface area (TPSA) is 16.1 Å². The third-order valence-electron chi connectivity index (χ3n) is 4.17. The molecule has 3 heteroatoms. The van der Waals surface area contributed by atoms with Gasteiger partial charge in [-0.2, -0.15) is 0 Å². The van der Waals surface area contributed by atoms with Gasteiger partial charge in [0.15, 0.2) is 0 Å². The van der Waals surface area contributed by atoms with E-state index >= 15 is 0 Å². The number of hydrogen-bond acceptors (Lipinski definition) is 3. The zero-order valence-electron chi connectivity index (χ0n) is 12.2. The van der Waals surface area contributed by atoms with Gasteiger partial charge in [-0.05, 0) is 48.9 Å². The molecule has 4 rings (SSSR count). The van der Waals surface area contributed by atoms with Gasteiger partial charge in [-0.15, -0.1) is 11.3 Å². The minimum atomic E-state index is 1.10. The van der Waals surface area contributed by atoms with Gasteiger partial charge in [0.25, 0.3) is 0 Å². The van der Waals surface area contributed by atoms with Crippen LogP contribution in [0.5, 0.6) is 0 Å². The summed E-state index contributed by atoms with van der Waals surface area (Å²) in [5.41, 5.74) is 4.84. The molecule has 1 fully saturated rings. The number of hydrogen-bond donors (Lipinski definition) is 0. The fourth-order valence-corrected chi connectivity index (χ4v) is 3.88. The summed E-state index contributed by atoms with van der Waals surface area (Å²) in [4.78, 5) is 8.57. The van der Waals surface area contributed by atoms with E-state index in [0.29, 0.717) is 0 Å². The van der Waals surface area contributed by atoms with Gasteiger partial charge >= 0.3 is 0 Å². The molecule has 0 saturated carbocycles. The highest BCUT2D eigenvalue weighted by Gasteiger charge is 2.16. The maximum atomic E-state index is 4.76. The van der Waals surface area contributed by atoms with Crippen molar-refractivity contribution in [1.29, 1.82) is 0 Å². The van der Waals surface area contributed by atoms with E-state index in [1.165, 1.54) is 47.4 Å². The molecule has 1 saturated heterocycles. The lowest BCUT2D eigenvalue weighted by Crippen LogP contribution is -2.18. The lowest BCUT2D eigenvalue weighted by Gasteiger charge is -2.20. The number of fused-ring (bicyclic) bond motifs is 1. The van der Waals surface area contributed by atoms with Crippen molar-refractivity contribution in [2.75, 3.05) is 18.0 Å². The fourth-order valence-electron chi connectivity index (χ4n) is 3.15. The van der Waals surface area contributed by atoms with Crippen LogP contribution >= 0.6 is 11.3 Å². The molecule has 0 bridgehead atoms.